The molecule has 0 aliphatic carbocycles. The smallest absolute Gasteiger partial charge is 0.313 e. The molecule has 132 valence electrons. The van der Waals surface area contributed by atoms with Gasteiger partial charge in [0.05, 0.1) is 0 Å². The SMILES string of the molecule is CN1CC[C@H]2CN(C(=O)Cn3ccc4ccccc43)C[C@@]2(C(=O)O)C1. The van der Waals surface area contributed by atoms with Gasteiger partial charge in [-0.3, -0.25) is 9.59 Å². The summed E-state index contributed by atoms with van der Waals surface area (Å²) in [5.74, 6) is -0.726. The summed E-state index contributed by atoms with van der Waals surface area (Å²) in [5.41, 5.74) is 0.210. The summed E-state index contributed by atoms with van der Waals surface area (Å²) in [5, 5.41) is 11.0. The molecule has 6 nitrogen and oxygen atoms in total. The third-order valence-corrected chi connectivity index (χ3v) is 5.87. The Hall–Kier alpha value is -2.34. The molecular weight excluding hydrogens is 318 g/mol. The summed E-state index contributed by atoms with van der Waals surface area (Å²) in [6, 6.07) is 9.96. The van der Waals surface area contributed by atoms with Crippen LogP contribution in [0, 0.1) is 11.3 Å². The van der Waals surface area contributed by atoms with Gasteiger partial charge >= 0.3 is 5.97 Å². The van der Waals surface area contributed by atoms with Crippen LogP contribution >= 0.6 is 0 Å². The first kappa shape index (κ1) is 16.1. The van der Waals surface area contributed by atoms with Crippen molar-refractivity contribution in [2.75, 3.05) is 33.2 Å². The maximum absolute atomic E-state index is 12.8. The molecule has 1 N–H and O–H groups in total. The fourth-order valence-corrected chi connectivity index (χ4v) is 4.48. The summed E-state index contributed by atoms with van der Waals surface area (Å²) in [6.07, 6.45) is 2.76. The average molecular weight is 341 g/mol. The van der Waals surface area contributed by atoms with Gasteiger partial charge < -0.3 is 19.5 Å². The van der Waals surface area contributed by atoms with Crippen molar-refractivity contribution in [2.24, 2.45) is 11.3 Å². The minimum atomic E-state index is -0.818. The normalized spacial score (nSPS) is 26.8. The molecular formula is C19H23N3O3. The lowest BCUT2D eigenvalue weighted by Gasteiger charge is -2.39. The number of fused-ring (bicyclic) bond motifs is 2. The lowest BCUT2D eigenvalue weighted by molar-refractivity contribution is -0.154. The second-order valence-corrected chi connectivity index (χ2v) is 7.46. The van der Waals surface area contributed by atoms with E-state index in [1.165, 1.54) is 0 Å². The molecule has 2 atom stereocenters. The summed E-state index contributed by atoms with van der Waals surface area (Å²) in [4.78, 5) is 28.7. The number of rotatable bonds is 3. The van der Waals surface area contributed by atoms with Crippen LogP contribution in [0.25, 0.3) is 10.9 Å². The fraction of sp³-hybridized carbons (Fsp3) is 0.474. The van der Waals surface area contributed by atoms with E-state index in [1.807, 2.05) is 48.1 Å². The van der Waals surface area contributed by atoms with Crippen molar-refractivity contribution in [3.63, 3.8) is 0 Å². The maximum atomic E-state index is 12.8. The van der Waals surface area contributed by atoms with Crippen LogP contribution in [0.15, 0.2) is 36.5 Å². The van der Waals surface area contributed by atoms with Gasteiger partial charge in [-0.25, -0.2) is 0 Å². The molecule has 0 unspecified atom stereocenters. The number of aliphatic carboxylic acids is 1. The first-order valence-electron chi connectivity index (χ1n) is 8.73. The second kappa shape index (κ2) is 5.88. The minimum absolute atomic E-state index is 0.000897. The van der Waals surface area contributed by atoms with Crippen molar-refractivity contribution in [1.29, 1.82) is 0 Å². The van der Waals surface area contributed by atoms with E-state index >= 15 is 0 Å². The molecule has 25 heavy (non-hydrogen) atoms. The van der Waals surface area contributed by atoms with E-state index in [0.29, 0.717) is 19.6 Å². The van der Waals surface area contributed by atoms with Crippen LogP contribution in [0.5, 0.6) is 0 Å². The molecule has 2 aliphatic rings. The number of benzene rings is 1. The van der Waals surface area contributed by atoms with Gasteiger partial charge in [0.1, 0.15) is 12.0 Å². The van der Waals surface area contributed by atoms with Gasteiger partial charge in [0, 0.05) is 31.3 Å². The molecule has 2 saturated heterocycles. The number of carboxylic acids is 1. The van der Waals surface area contributed by atoms with Crippen molar-refractivity contribution < 1.29 is 14.7 Å². The Bertz CT molecular complexity index is 830. The number of likely N-dealkylation sites (tertiary alicyclic amines) is 2. The molecule has 3 heterocycles. The van der Waals surface area contributed by atoms with Crippen LogP contribution < -0.4 is 0 Å². The summed E-state index contributed by atoms with van der Waals surface area (Å²) < 4.78 is 1.94. The Kier molecular flexibility index (Phi) is 3.80. The van der Waals surface area contributed by atoms with Crippen LogP contribution in [0.3, 0.4) is 0 Å². The molecule has 1 amide bonds. The van der Waals surface area contributed by atoms with Gasteiger partial charge in [-0.05, 0) is 43.5 Å². The summed E-state index contributed by atoms with van der Waals surface area (Å²) >= 11 is 0. The van der Waals surface area contributed by atoms with Crippen LogP contribution in [0.1, 0.15) is 6.42 Å². The number of carbonyl (C=O) groups excluding carboxylic acids is 1. The predicted molar refractivity (Wildman–Crippen MR) is 94.2 cm³/mol. The minimum Gasteiger partial charge on any atom is -0.481 e. The van der Waals surface area contributed by atoms with Gasteiger partial charge in [-0.1, -0.05) is 18.2 Å². The van der Waals surface area contributed by atoms with Crippen molar-refractivity contribution in [2.45, 2.75) is 13.0 Å². The van der Waals surface area contributed by atoms with Crippen molar-refractivity contribution >= 4 is 22.8 Å². The number of carbonyl (C=O) groups is 2. The highest BCUT2D eigenvalue weighted by atomic mass is 16.4. The Labute approximate surface area is 146 Å². The fourth-order valence-electron chi connectivity index (χ4n) is 4.48. The highest BCUT2D eigenvalue weighted by Crippen LogP contribution is 2.42. The standard InChI is InChI=1S/C19H23N3O3/c1-20-8-7-15-10-22(13-19(15,12-20)18(24)25)17(23)11-21-9-6-14-4-2-3-5-16(14)21/h2-6,9,15H,7-8,10-13H2,1H3,(H,24,25)/t15-,19-/m0/s1. The summed E-state index contributed by atoms with van der Waals surface area (Å²) in [7, 11) is 1.96. The first-order chi connectivity index (χ1) is 12.0. The molecule has 2 fully saturated rings. The molecule has 0 spiro atoms. The number of para-hydroxylation sites is 1. The zero-order chi connectivity index (χ0) is 17.6. The third-order valence-electron chi connectivity index (χ3n) is 5.87. The molecule has 2 aliphatic heterocycles. The quantitative estimate of drug-likeness (QED) is 0.919. The van der Waals surface area contributed by atoms with Crippen molar-refractivity contribution in [1.82, 2.24) is 14.4 Å². The van der Waals surface area contributed by atoms with Gasteiger partial charge in [-0.2, -0.15) is 0 Å². The highest BCUT2D eigenvalue weighted by Gasteiger charge is 2.55. The lowest BCUT2D eigenvalue weighted by Crippen LogP contribution is -2.52. The van der Waals surface area contributed by atoms with E-state index in [0.717, 1.165) is 23.9 Å². The van der Waals surface area contributed by atoms with E-state index in [2.05, 4.69) is 4.90 Å². The Morgan fingerprint density at radius 3 is 2.84 bits per heavy atom. The van der Waals surface area contributed by atoms with Crippen molar-refractivity contribution in [3.05, 3.63) is 36.5 Å². The lowest BCUT2D eigenvalue weighted by atomic mass is 9.73. The molecule has 0 saturated carbocycles. The molecule has 1 aromatic carbocycles. The summed E-state index contributed by atoms with van der Waals surface area (Å²) in [6.45, 7) is 2.53. The Morgan fingerprint density at radius 2 is 2.04 bits per heavy atom. The highest BCUT2D eigenvalue weighted by molar-refractivity contribution is 5.84. The molecule has 4 rings (SSSR count). The van der Waals surface area contributed by atoms with Crippen LogP contribution in [0.4, 0.5) is 0 Å². The van der Waals surface area contributed by atoms with E-state index in [4.69, 9.17) is 0 Å². The first-order valence-corrected chi connectivity index (χ1v) is 8.73. The van der Waals surface area contributed by atoms with Crippen LogP contribution in [-0.4, -0.2) is 64.6 Å². The van der Waals surface area contributed by atoms with E-state index in [-0.39, 0.29) is 18.4 Å². The maximum Gasteiger partial charge on any atom is 0.313 e. The zero-order valence-electron chi connectivity index (χ0n) is 14.4. The number of hydrogen-bond acceptors (Lipinski definition) is 3. The van der Waals surface area contributed by atoms with Gasteiger partial charge in [-0.15, -0.1) is 0 Å². The van der Waals surface area contributed by atoms with Crippen molar-refractivity contribution in [3.8, 4) is 0 Å². The molecule has 2 aromatic rings. The van der Waals surface area contributed by atoms with E-state index in [9.17, 15) is 14.7 Å². The second-order valence-electron chi connectivity index (χ2n) is 7.46. The van der Waals surface area contributed by atoms with Gasteiger partial charge in [0.2, 0.25) is 5.91 Å². The van der Waals surface area contributed by atoms with E-state index in [1.54, 1.807) is 4.90 Å². The Morgan fingerprint density at radius 1 is 1.24 bits per heavy atom. The molecule has 0 radical (unpaired) electrons. The molecule has 6 heteroatoms. The largest absolute Gasteiger partial charge is 0.481 e. The number of hydrogen-bond donors (Lipinski definition) is 1. The number of carboxylic acid groups (broad SMARTS) is 1. The predicted octanol–water partition coefficient (Wildman–Crippen LogP) is 1.51. The topological polar surface area (TPSA) is 65.8 Å². The van der Waals surface area contributed by atoms with Gasteiger partial charge in [0.15, 0.2) is 0 Å². The molecule has 0 bridgehead atoms. The van der Waals surface area contributed by atoms with E-state index < -0.39 is 11.4 Å². The number of amides is 1. The number of piperidine rings is 1. The average Bonchev–Trinajstić information content (AvgIpc) is 3.17. The third kappa shape index (κ3) is 2.61. The van der Waals surface area contributed by atoms with Gasteiger partial charge in [0.25, 0.3) is 0 Å². The van der Waals surface area contributed by atoms with Crippen LogP contribution in [0.2, 0.25) is 0 Å². The molecule has 1 aromatic heterocycles. The zero-order valence-corrected chi connectivity index (χ0v) is 14.4. The monoisotopic (exact) mass is 341 g/mol. The Balaban J connectivity index is 1.54. The van der Waals surface area contributed by atoms with Crippen LogP contribution in [-0.2, 0) is 16.1 Å². The number of aromatic nitrogens is 1. The number of nitrogens with zero attached hydrogens (tertiary/aromatic N) is 3.